The number of phenolic OH excluding ortho intramolecular Hbond substituents is 1. The van der Waals surface area contributed by atoms with Crippen molar-refractivity contribution in [3.05, 3.63) is 28.6 Å². The molecule has 0 atom stereocenters. The molecule has 0 aliphatic rings. The predicted molar refractivity (Wildman–Crippen MR) is 53.2 cm³/mol. The molecule has 2 rings (SSSR count). The Hall–Kier alpha value is -1.16. The van der Waals surface area contributed by atoms with E-state index in [9.17, 15) is 13.9 Å². The van der Waals surface area contributed by atoms with Gasteiger partial charge in [0, 0.05) is 4.88 Å². The van der Waals surface area contributed by atoms with Gasteiger partial charge in [-0.05, 0) is 24.4 Å². The van der Waals surface area contributed by atoms with Crippen LogP contribution in [0.15, 0.2) is 18.2 Å². The highest BCUT2D eigenvalue weighted by Gasteiger charge is 2.15. The molecule has 14 heavy (non-hydrogen) atoms. The average Bonchev–Trinajstić information content (AvgIpc) is 2.46. The summed E-state index contributed by atoms with van der Waals surface area (Å²) in [6, 6.07) is 4.75. The second kappa shape index (κ2) is 3.20. The third-order valence-electron chi connectivity index (χ3n) is 2.05. The molecule has 0 aliphatic carbocycles. The topological polar surface area (TPSA) is 20.2 Å². The van der Waals surface area contributed by atoms with Gasteiger partial charge in [0.05, 0.1) is 10.3 Å². The standard InChI is InChI=1S/C10H8F2OS/c1-5-4-6-2-3-7(10(11)12)8(13)9(6)14-5/h2-4,10,13H,1H3. The van der Waals surface area contributed by atoms with E-state index in [0.717, 1.165) is 10.3 Å². The van der Waals surface area contributed by atoms with Gasteiger partial charge in [0.2, 0.25) is 0 Å². The van der Waals surface area contributed by atoms with Gasteiger partial charge >= 0.3 is 0 Å². The molecule has 0 unspecified atom stereocenters. The summed E-state index contributed by atoms with van der Waals surface area (Å²) >= 11 is 1.33. The van der Waals surface area contributed by atoms with Gasteiger partial charge < -0.3 is 5.11 Å². The molecule has 0 fully saturated rings. The fourth-order valence-corrected chi connectivity index (χ4v) is 2.38. The molecule has 0 radical (unpaired) electrons. The van der Waals surface area contributed by atoms with Crippen LogP contribution in [-0.2, 0) is 0 Å². The number of hydrogen-bond acceptors (Lipinski definition) is 2. The van der Waals surface area contributed by atoms with E-state index in [1.165, 1.54) is 17.4 Å². The van der Waals surface area contributed by atoms with Gasteiger partial charge in [-0.25, -0.2) is 8.78 Å². The summed E-state index contributed by atoms with van der Waals surface area (Å²) in [5.41, 5.74) is -0.292. The Bertz CT molecular complexity index is 476. The minimum absolute atomic E-state index is 0.282. The zero-order chi connectivity index (χ0) is 10.3. The molecule has 1 heterocycles. The number of thiophene rings is 1. The molecule has 1 N–H and O–H groups in total. The molecule has 4 heteroatoms. The zero-order valence-corrected chi connectivity index (χ0v) is 8.24. The number of alkyl halides is 2. The second-order valence-electron chi connectivity index (χ2n) is 3.08. The molecule has 2 aromatic rings. The number of aromatic hydroxyl groups is 1. The maximum atomic E-state index is 12.4. The van der Waals surface area contributed by atoms with Crippen LogP contribution in [0.25, 0.3) is 10.1 Å². The van der Waals surface area contributed by atoms with Crippen molar-refractivity contribution in [3.8, 4) is 5.75 Å². The molecule has 1 nitrogen and oxygen atoms in total. The fraction of sp³-hybridized carbons (Fsp3) is 0.200. The largest absolute Gasteiger partial charge is 0.506 e. The summed E-state index contributed by atoms with van der Waals surface area (Å²) in [5, 5.41) is 10.4. The number of rotatable bonds is 1. The van der Waals surface area contributed by atoms with E-state index in [2.05, 4.69) is 0 Å². The van der Waals surface area contributed by atoms with Crippen LogP contribution < -0.4 is 0 Å². The van der Waals surface area contributed by atoms with Crippen molar-refractivity contribution < 1.29 is 13.9 Å². The molecule has 0 saturated heterocycles. The van der Waals surface area contributed by atoms with E-state index < -0.39 is 6.43 Å². The number of fused-ring (bicyclic) bond motifs is 1. The van der Waals surface area contributed by atoms with Crippen molar-refractivity contribution in [3.63, 3.8) is 0 Å². The summed E-state index contributed by atoms with van der Waals surface area (Å²) in [6.07, 6.45) is -2.62. The molecular weight excluding hydrogens is 206 g/mol. The lowest BCUT2D eigenvalue weighted by molar-refractivity contribution is 0.148. The fourth-order valence-electron chi connectivity index (χ4n) is 1.41. The first kappa shape index (κ1) is 9.40. The van der Waals surface area contributed by atoms with E-state index in [1.807, 2.05) is 13.0 Å². The average molecular weight is 214 g/mol. The van der Waals surface area contributed by atoms with E-state index in [-0.39, 0.29) is 11.3 Å². The lowest BCUT2D eigenvalue weighted by Gasteiger charge is -2.03. The van der Waals surface area contributed by atoms with Crippen LogP contribution >= 0.6 is 11.3 Å². The van der Waals surface area contributed by atoms with Crippen LogP contribution in [-0.4, -0.2) is 5.11 Å². The van der Waals surface area contributed by atoms with E-state index in [1.54, 1.807) is 6.07 Å². The monoisotopic (exact) mass is 214 g/mol. The quantitative estimate of drug-likeness (QED) is 0.764. The Labute approximate surface area is 83.6 Å². The van der Waals surface area contributed by atoms with Crippen molar-refractivity contribution in [2.45, 2.75) is 13.3 Å². The van der Waals surface area contributed by atoms with E-state index in [4.69, 9.17) is 0 Å². The first-order valence-corrected chi connectivity index (χ1v) is 4.91. The lowest BCUT2D eigenvalue weighted by atomic mass is 10.1. The number of aryl methyl sites for hydroxylation is 1. The number of benzene rings is 1. The van der Waals surface area contributed by atoms with Gasteiger partial charge in [-0.2, -0.15) is 0 Å². The molecule has 74 valence electrons. The summed E-state index contributed by atoms with van der Waals surface area (Å²) in [4.78, 5) is 1.00. The Morgan fingerprint density at radius 1 is 1.36 bits per heavy atom. The van der Waals surface area contributed by atoms with Crippen LogP contribution in [0.3, 0.4) is 0 Å². The smallest absolute Gasteiger partial charge is 0.267 e. The molecule has 0 bridgehead atoms. The van der Waals surface area contributed by atoms with Crippen molar-refractivity contribution in [1.82, 2.24) is 0 Å². The molecule has 0 aliphatic heterocycles. The molecule has 0 spiro atoms. The Morgan fingerprint density at radius 3 is 2.71 bits per heavy atom. The van der Waals surface area contributed by atoms with Crippen molar-refractivity contribution in [2.75, 3.05) is 0 Å². The second-order valence-corrected chi connectivity index (χ2v) is 4.34. The van der Waals surface area contributed by atoms with Crippen LogP contribution in [0.2, 0.25) is 0 Å². The van der Waals surface area contributed by atoms with Crippen LogP contribution in [0.5, 0.6) is 5.75 Å². The Kier molecular flexibility index (Phi) is 2.15. The molecule has 1 aromatic heterocycles. The zero-order valence-electron chi connectivity index (χ0n) is 7.42. The summed E-state index contributed by atoms with van der Waals surface area (Å²) in [7, 11) is 0. The summed E-state index contributed by atoms with van der Waals surface area (Å²) in [6.45, 7) is 1.88. The number of hydrogen-bond donors (Lipinski definition) is 1. The minimum Gasteiger partial charge on any atom is -0.506 e. The van der Waals surface area contributed by atoms with E-state index >= 15 is 0 Å². The van der Waals surface area contributed by atoms with Gasteiger partial charge in [-0.3, -0.25) is 0 Å². The van der Waals surface area contributed by atoms with Gasteiger partial charge in [0.25, 0.3) is 6.43 Å². The summed E-state index contributed by atoms with van der Waals surface area (Å²) in [5.74, 6) is -0.282. The highest BCUT2D eigenvalue weighted by Crippen LogP contribution is 2.38. The van der Waals surface area contributed by atoms with Gasteiger partial charge in [0.1, 0.15) is 5.75 Å². The highest BCUT2D eigenvalue weighted by molar-refractivity contribution is 7.19. The summed E-state index contributed by atoms with van der Waals surface area (Å²) < 4.78 is 25.4. The van der Waals surface area contributed by atoms with Gasteiger partial charge in [0.15, 0.2) is 0 Å². The highest BCUT2D eigenvalue weighted by atomic mass is 32.1. The van der Waals surface area contributed by atoms with Crippen molar-refractivity contribution in [1.29, 1.82) is 0 Å². The van der Waals surface area contributed by atoms with Crippen LogP contribution in [0, 0.1) is 6.92 Å². The van der Waals surface area contributed by atoms with Crippen molar-refractivity contribution >= 4 is 21.4 Å². The number of halogens is 2. The predicted octanol–water partition coefficient (Wildman–Crippen LogP) is 3.85. The van der Waals surface area contributed by atoms with Crippen LogP contribution in [0.1, 0.15) is 16.9 Å². The Morgan fingerprint density at radius 2 is 2.07 bits per heavy atom. The van der Waals surface area contributed by atoms with Crippen molar-refractivity contribution in [2.24, 2.45) is 0 Å². The number of phenols is 1. The normalized spacial score (nSPS) is 11.4. The third-order valence-corrected chi connectivity index (χ3v) is 3.12. The van der Waals surface area contributed by atoms with Gasteiger partial charge in [-0.15, -0.1) is 11.3 Å². The first-order valence-electron chi connectivity index (χ1n) is 4.09. The molecule has 1 aromatic carbocycles. The third kappa shape index (κ3) is 1.35. The maximum Gasteiger partial charge on any atom is 0.267 e. The minimum atomic E-state index is -2.62. The lowest BCUT2D eigenvalue weighted by Crippen LogP contribution is -1.83. The van der Waals surface area contributed by atoms with Crippen LogP contribution in [0.4, 0.5) is 8.78 Å². The molecule has 0 amide bonds. The Balaban J connectivity index is 2.74. The molecular formula is C10H8F2OS. The maximum absolute atomic E-state index is 12.4. The SMILES string of the molecule is Cc1cc2ccc(C(F)F)c(O)c2s1. The molecule has 0 saturated carbocycles. The van der Waals surface area contributed by atoms with Gasteiger partial charge in [-0.1, -0.05) is 6.07 Å². The first-order chi connectivity index (χ1) is 6.59. The van der Waals surface area contributed by atoms with E-state index in [0.29, 0.717) is 4.70 Å².